The number of hydrogen-bond acceptors (Lipinski definition) is 3. The minimum absolute atomic E-state index is 0.143. The average molecular weight is 286 g/mol. The van der Waals surface area contributed by atoms with Gasteiger partial charge in [-0.1, -0.05) is 20.8 Å². The van der Waals surface area contributed by atoms with Gasteiger partial charge in [-0.15, -0.1) is 0 Å². The molecule has 0 bridgehead atoms. The van der Waals surface area contributed by atoms with E-state index in [0.29, 0.717) is 5.57 Å². The summed E-state index contributed by atoms with van der Waals surface area (Å²) >= 11 is 0. The molecule has 0 aromatic heterocycles. The molecule has 0 fully saturated rings. The first-order valence-electron chi connectivity index (χ1n) is 6.72. The third-order valence-electron chi connectivity index (χ3n) is 4.27. The molecular formula is C15H30O3Si. The molecule has 0 atom stereocenters. The second-order valence-electron chi connectivity index (χ2n) is 7.11. The Morgan fingerprint density at radius 3 is 1.74 bits per heavy atom. The Kier molecular flexibility index (Phi) is 5.61. The Hall–Kier alpha value is -0.613. The van der Waals surface area contributed by atoms with Gasteiger partial charge in [0, 0.05) is 5.57 Å². The molecule has 3 nitrogen and oxygen atoms in total. The first kappa shape index (κ1) is 18.4. The number of hydrogen-bond donors (Lipinski definition) is 0. The van der Waals surface area contributed by atoms with Gasteiger partial charge < -0.3 is 9.16 Å². The van der Waals surface area contributed by atoms with Gasteiger partial charge in [-0.05, 0) is 51.4 Å². The highest BCUT2D eigenvalue weighted by atomic mass is 28.4. The van der Waals surface area contributed by atoms with Crippen LogP contribution in [0.2, 0.25) is 18.1 Å². The molecule has 0 heterocycles. The summed E-state index contributed by atoms with van der Waals surface area (Å²) in [5.74, 6) is -0.288. The first-order chi connectivity index (χ1) is 8.26. The second-order valence-corrected chi connectivity index (χ2v) is 11.8. The molecule has 4 heteroatoms. The zero-order valence-corrected chi connectivity index (χ0v) is 15.2. The Bertz CT molecular complexity index is 373. The highest BCUT2D eigenvalue weighted by Gasteiger charge is 2.42. The molecule has 0 aromatic carbocycles. The Labute approximate surface area is 119 Å². The third kappa shape index (κ3) is 4.46. The van der Waals surface area contributed by atoms with Gasteiger partial charge in [0.1, 0.15) is 0 Å². The predicted octanol–water partition coefficient (Wildman–Crippen LogP) is 4.30. The van der Waals surface area contributed by atoms with Crippen molar-refractivity contribution in [2.24, 2.45) is 0 Å². The summed E-state index contributed by atoms with van der Waals surface area (Å²) in [7, 11) is -0.477. The number of esters is 1. The normalized spacial score (nSPS) is 15.1. The lowest BCUT2D eigenvalue weighted by atomic mass is 9.95. The number of methoxy groups -OCH3 is 1. The van der Waals surface area contributed by atoms with E-state index in [2.05, 4.69) is 33.9 Å². The summed E-state index contributed by atoms with van der Waals surface area (Å²) in [6, 6.07) is 0. The van der Waals surface area contributed by atoms with E-state index in [1.54, 1.807) is 6.92 Å². The molecular weight excluding hydrogens is 256 g/mol. The third-order valence-corrected chi connectivity index (χ3v) is 8.91. The molecule has 112 valence electrons. The molecule has 0 amide bonds. The van der Waals surface area contributed by atoms with Crippen LogP contribution >= 0.6 is 0 Å². The van der Waals surface area contributed by atoms with E-state index in [1.165, 1.54) is 7.11 Å². The van der Waals surface area contributed by atoms with Gasteiger partial charge in [0.05, 0.1) is 12.7 Å². The summed E-state index contributed by atoms with van der Waals surface area (Å²) < 4.78 is 11.2. The molecule has 19 heavy (non-hydrogen) atoms. The zero-order valence-electron chi connectivity index (χ0n) is 14.2. The number of carbonyl (C=O) groups excluding carboxylic acids is 1. The maximum Gasteiger partial charge on any atom is 0.333 e. The van der Waals surface area contributed by atoms with Crippen LogP contribution in [0.4, 0.5) is 0 Å². The summed E-state index contributed by atoms with van der Waals surface area (Å²) in [4.78, 5) is 11.6. The van der Waals surface area contributed by atoms with Crippen molar-refractivity contribution in [2.45, 2.75) is 72.2 Å². The van der Waals surface area contributed by atoms with Crippen LogP contribution in [0.1, 0.15) is 48.5 Å². The molecule has 0 radical (unpaired) electrons. The quantitative estimate of drug-likeness (QED) is 0.439. The van der Waals surface area contributed by atoms with Crippen LogP contribution in [-0.2, 0) is 14.0 Å². The van der Waals surface area contributed by atoms with Crippen molar-refractivity contribution in [3.05, 3.63) is 11.1 Å². The molecule has 0 N–H and O–H groups in total. The lowest BCUT2D eigenvalue weighted by molar-refractivity contribution is -0.136. The maximum absolute atomic E-state index is 11.6. The monoisotopic (exact) mass is 286 g/mol. The van der Waals surface area contributed by atoms with Crippen molar-refractivity contribution in [3.63, 3.8) is 0 Å². The Balaban J connectivity index is 5.37. The van der Waals surface area contributed by atoms with Crippen LogP contribution in [0.3, 0.4) is 0 Å². The zero-order chi connectivity index (χ0) is 15.6. The van der Waals surface area contributed by atoms with Crippen LogP contribution in [0.15, 0.2) is 11.1 Å². The summed E-state index contributed by atoms with van der Waals surface area (Å²) in [6.07, 6.45) is 0. The largest absolute Gasteiger partial charge is 0.466 e. The molecule has 0 aliphatic carbocycles. The molecule has 0 rings (SSSR count). The topological polar surface area (TPSA) is 35.5 Å². The second kappa shape index (κ2) is 5.79. The lowest BCUT2D eigenvalue weighted by Crippen LogP contribution is -2.48. The van der Waals surface area contributed by atoms with Gasteiger partial charge in [0.25, 0.3) is 0 Å². The minimum atomic E-state index is -1.88. The summed E-state index contributed by atoms with van der Waals surface area (Å²) in [5, 5.41) is 0.143. The number of carbonyl (C=O) groups is 1. The highest BCUT2D eigenvalue weighted by Crippen LogP contribution is 2.40. The molecule has 0 saturated heterocycles. The predicted molar refractivity (Wildman–Crippen MR) is 82.8 cm³/mol. The minimum Gasteiger partial charge on any atom is -0.466 e. The van der Waals surface area contributed by atoms with Crippen LogP contribution in [0.5, 0.6) is 0 Å². The van der Waals surface area contributed by atoms with Gasteiger partial charge in [0.15, 0.2) is 8.32 Å². The fourth-order valence-corrected chi connectivity index (χ4v) is 3.36. The van der Waals surface area contributed by atoms with Crippen molar-refractivity contribution in [2.75, 3.05) is 7.11 Å². The van der Waals surface area contributed by atoms with Crippen LogP contribution < -0.4 is 0 Å². The van der Waals surface area contributed by atoms with E-state index in [1.807, 2.05) is 20.8 Å². The maximum atomic E-state index is 11.6. The van der Waals surface area contributed by atoms with E-state index >= 15 is 0 Å². The Morgan fingerprint density at radius 2 is 1.42 bits per heavy atom. The van der Waals surface area contributed by atoms with E-state index < -0.39 is 13.9 Å². The van der Waals surface area contributed by atoms with Crippen molar-refractivity contribution >= 4 is 14.3 Å². The molecule has 0 unspecified atom stereocenters. The van der Waals surface area contributed by atoms with Crippen molar-refractivity contribution in [1.29, 1.82) is 0 Å². The first-order valence-corrected chi connectivity index (χ1v) is 9.63. The number of ether oxygens (including phenoxy) is 1. The molecule has 0 saturated carbocycles. The molecule has 0 aliphatic rings. The standard InChI is InChI=1S/C15H30O3Si/c1-11(13(16)17-8)12(2)15(6,7)18-19(9,10)14(3,4)5/h1-10H3/b12-11-. The fourth-order valence-electron chi connectivity index (χ4n) is 1.63. The van der Waals surface area contributed by atoms with Crippen LogP contribution in [0, 0.1) is 0 Å². The van der Waals surface area contributed by atoms with Crippen molar-refractivity contribution in [3.8, 4) is 0 Å². The van der Waals surface area contributed by atoms with Crippen LogP contribution in [-0.4, -0.2) is 27.0 Å². The average Bonchev–Trinajstić information content (AvgIpc) is 2.22. The van der Waals surface area contributed by atoms with Crippen LogP contribution in [0.25, 0.3) is 0 Å². The lowest BCUT2D eigenvalue weighted by Gasteiger charge is -2.43. The molecule has 0 spiro atoms. The van der Waals surface area contributed by atoms with Gasteiger partial charge >= 0.3 is 5.97 Å². The fraction of sp³-hybridized carbons (Fsp3) is 0.800. The molecule has 0 aromatic rings. The summed E-state index contributed by atoms with van der Waals surface area (Å²) in [6.45, 7) is 18.8. The van der Waals surface area contributed by atoms with E-state index in [9.17, 15) is 4.79 Å². The van der Waals surface area contributed by atoms with Gasteiger partial charge in [-0.25, -0.2) is 4.79 Å². The van der Waals surface area contributed by atoms with Gasteiger partial charge in [0.2, 0.25) is 0 Å². The van der Waals surface area contributed by atoms with E-state index in [0.717, 1.165) is 5.57 Å². The highest BCUT2D eigenvalue weighted by molar-refractivity contribution is 6.74. The molecule has 0 aliphatic heterocycles. The van der Waals surface area contributed by atoms with Crippen molar-refractivity contribution < 1.29 is 14.0 Å². The van der Waals surface area contributed by atoms with Gasteiger partial charge in [-0.3, -0.25) is 0 Å². The van der Waals surface area contributed by atoms with E-state index in [-0.39, 0.29) is 11.0 Å². The smallest absolute Gasteiger partial charge is 0.333 e. The van der Waals surface area contributed by atoms with Gasteiger partial charge in [-0.2, -0.15) is 0 Å². The van der Waals surface area contributed by atoms with E-state index in [4.69, 9.17) is 9.16 Å². The SMILES string of the molecule is COC(=O)/C(C)=C(/C)C(C)(C)O[Si](C)(C)C(C)(C)C. The Morgan fingerprint density at radius 1 is 1.00 bits per heavy atom. The van der Waals surface area contributed by atoms with Crippen molar-refractivity contribution in [1.82, 2.24) is 0 Å². The summed E-state index contributed by atoms with van der Waals surface area (Å²) in [5.41, 5.74) is 1.11. The number of rotatable bonds is 4.